The minimum Gasteiger partial charge on any atom is -0.349 e. The lowest BCUT2D eigenvalue weighted by Crippen LogP contribution is -2.44. The van der Waals surface area contributed by atoms with Gasteiger partial charge in [-0.3, -0.25) is 4.98 Å². The van der Waals surface area contributed by atoms with Gasteiger partial charge in [-0.15, -0.1) is 12.4 Å². The molecule has 14 heavy (non-hydrogen) atoms. The first kappa shape index (κ1) is 9.68. The summed E-state index contributed by atoms with van der Waals surface area (Å²) >= 11 is 0. The van der Waals surface area contributed by atoms with Crippen LogP contribution in [0.2, 0.25) is 0 Å². The van der Waals surface area contributed by atoms with Gasteiger partial charge in [-0.25, -0.2) is 4.98 Å². The molecule has 0 saturated carbocycles. The zero-order valence-corrected chi connectivity index (χ0v) is 8.57. The number of aromatic nitrogens is 2. The molecule has 0 amide bonds. The average molecular weight is 213 g/mol. The molecule has 1 unspecified atom stereocenters. The van der Waals surface area contributed by atoms with Gasteiger partial charge in [-0.05, 0) is 6.42 Å². The van der Waals surface area contributed by atoms with Crippen LogP contribution < -0.4 is 10.2 Å². The van der Waals surface area contributed by atoms with Gasteiger partial charge in [0, 0.05) is 37.6 Å². The molecule has 1 aromatic heterocycles. The lowest BCUT2D eigenvalue weighted by Gasteiger charge is -2.27. The van der Waals surface area contributed by atoms with Crippen molar-refractivity contribution in [2.45, 2.75) is 18.5 Å². The molecular weight excluding hydrogens is 200 g/mol. The van der Waals surface area contributed by atoms with Crippen LogP contribution in [0.3, 0.4) is 0 Å². The van der Waals surface area contributed by atoms with E-state index in [0.29, 0.717) is 12.1 Å². The Morgan fingerprint density at radius 2 is 2.36 bits per heavy atom. The van der Waals surface area contributed by atoms with Gasteiger partial charge in [-0.2, -0.15) is 0 Å². The molecule has 0 spiro atoms. The Labute approximate surface area is 89.1 Å². The predicted octanol–water partition coefficient (Wildman–Crippen LogP) is 0.449. The molecule has 2 aliphatic rings. The highest BCUT2D eigenvalue weighted by atomic mass is 35.5. The second-order valence-corrected chi connectivity index (χ2v) is 3.71. The lowest BCUT2D eigenvalue weighted by molar-refractivity contribution is 0.576. The summed E-state index contributed by atoms with van der Waals surface area (Å²) in [4.78, 5) is 10.8. The zero-order valence-electron chi connectivity index (χ0n) is 7.76. The minimum atomic E-state index is 0. The molecule has 0 aromatic carbocycles. The third-order valence-corrected chi connectivity index (χ3v) is 2.90. The van der Waals surface area contributed by atoms with Gasteiger partial charge in [0.1, 0.15) is 5.82 Å². The van der Waals surface area contributed by atoms with Gasteiger partial charge < -0.3 is 10.2 Å². The van der Waals surface area contributed by atoms with Crippen LogP contribution in [0.15, 0.2) is 18.6 Å². The molecule has 2 aliphatic heterocycles. The molecule has 0 aliphatic carbocycles. The molecule has 0 radical (unpaired) electrons. The summed E-state index contributed by atoms with van der Waals surface area (Å²) in [5.74, 6) is 1.02. The van der Waals surface area contributed by atoms with Gasteiger partial charge in [-0.1, -0.05) is 0 Å². The molecular formula is C9H13ClN4. The summed E-state index contributed by atoms with van der Waals surface area (Å²) in [6.45, 7) is 2.19. The van der Waals surface area contributed by atoms with E-state index in [0.717, 1.165) is 18.9 Å². The van der Waals surface area contributed by atoms with Crippen LogP contribution in [0.5, 0.6) is 0 Å². The van der Waals surface area contributed by atoms with Gasteiger partial charge in [0.15, 0.2) is 0 Å². The van der Waals surface area contributed by atoms with E-state index in [2.05, 4.69) is 20.2 Å². The molecule has 2 fully saturated rings. The number of rotatable bonds is 1. The Bertz CT molecular complexity index is 305. The van der Waals surface area contributed by atoms with Crippen molar-refractivity contribution in [3.8, 4) is 0 Å². The Morgan fingerprint density at radius 3 is 2.93 bits per heavy atom. The van der Waals surface area contributed by atoms with Crippen LogP contribution in [0.4, 0.5) is 5.82 Å². The predicted molar refractivity (Wildman–Crippen MR) is 56.8 cm³/mol. The number of fused-ring (bicyclic) bond motifs is 2. The number of halogens is 1. The number of hydrogen-bond donors (Lipinski definition) is 1. The highest BCUT2D eigenvalue weighted by Gasteiger charge is 2.38. The summed E-state index contributed by atoms with van der Waals surface area (Å²) in [6, 6.07) is 1.31. The first-order valence-corrected chi connectivity index (χ1v) is 4.69. The second-order valence-electron chi connectivity index (χ2n) is 3.71. The monoisotopic (exact) mass is 212 g/mol. The van der Waals surface area contributed by atoms with E-state index in [9.17, 15) is 0 Å². The third kappa shape index (κ3) is 1.44. The standard InChI is InChI=1S/C9H12N4.ClH/c1-2-11-9(5-10-1)13-6-7-3-8(13)4-12-7;/h1-2,5,7-8,12H,3-4,6H2;1H/t7?,8-;/m0./s1. The second kappa shape index (κ2) is 3.71. The van der Waals surface area contributed by atoms with Crippen LogP contribution >= 0.6 is 12.4 Å². The number of nitrogens with zero attached hydrogens (tertiary/aromatic N) is 3. The van der Waals surface area contributed by atoms with Gasteiger partial charge in [0.2, 0.25) is 0 Å². The van der Waals surface area contributed by atoms with Crippen molar-refractivity contribution >= 4 is 18.2 Å². The minimum absolute atomic E-state index is 0. The Hall–Kier alpha value is -0.870. The van der Waals surface area contributed by atoms with Gasteiger partial charge >= 0.3 is 0 Å². The van der Waals surface area contributed by atoms with Crippen molar-refractivity contribution in [2.75, 3.05) is 18.0 Å². The van der Waals surface area contributed by atoms with Crippen molar-refractivity contribution in [2.24, 2.45) is 0 Å². The highest BCUT2D eigenvalue weighted by Crippen LogP contribution is 2.26. The van der Waals surface area contributed by atoms with E-state index in [1.165, 1.54) is 6.42 Å². The molecule has 3 heterocycles. The maximum atomic E-state index is 4.32. The van der Waals surface area contributed by atoms with Crippen LogP contribution in [-0.4, -0.2) is 35.1 Å². The number of piperazine rings is 1. The largest absolute Gasteiger partial charge is 0.349 e. The fraction of sp³-hybridized carbons (Fsp3) is 0.556. The van der Waals surface area contributed by atoms with E-state index in [1.807, 2.05) is 6.20 Å². The highest BCUT2D eigenvalue weighted by molar-refractivity contribution is 5.85. The van der Waals surface area contributed by atoms with E-state index in [4.69, 9.17) is 0 Å². The number of hydrogen-bond acceptors (Lipinski definition) is 4. The van der Waals surface area contributed by atoms with Crippen LogP contribution in [0, 0.1) is 0 Å². The van der Waals surface area contributed by atoms with E-state index in [1.54, 1.807) is 12.4 Å². The van der Waals surface area contributed by atoms with Crippen LogP contribution in [-0.2, 0) is 0 Å². The summed E-state index contributed by atoms with van der Waals surface area (Å²) in [5, 5.41) is 3.47. The molecule has 2 saturated heterocycles. The quantitative estimate of drug-likeness (QED) is 0.734. The summed E-state index contributed by atoms with van der Waals surface area (Å²) in [5.41, 5.74) is 0. The maximum Gasteiger partial charge on any atom is 0.147 e. The molecule has 5 heteroatoms. The molecule has 3 rings (SSSR count). The van der Waals surface area contributed by atoms with E-state index in [-0.39, 0.29) is 12.4 Å². The fourth-order valence-corrected chi connectivity index (χ4v) is 2.28. The summed E-state index contributed by atoms with van der Waals surface area (Å²) in [6.07, 6.45) is 6.59. The Balaban J connectivity index is 0.000000750. The maximum absolute atomic E-state index is 4.32. The molecule has 1 N–H and O–H groups in total. The lowest BCUT2D eigenvalue weighted by atomic mass is 10.2. The molecule has 4 nitrogen and oxygen atoms in total. The van der Waals surface area contributed by atoms with Crippen molar-refractivity contribution in [3.63, 3.8) is 0 Å². The third-order valence-electron chi connectivity index (χ3n) is 2.90. The molecule has 2 bridgehead atoms. The summed E-state index contributed by atoms with van der Waals surface area (Å²) < 4.78 is 0. The molecule has 1 aromatic rings. The average Bonchev–Trinajstić information content (AvgIpc) is 2.80. The zero-order chi connectivity index (χ0) is 8.67. The van der Waals surface area contributed by atoms with Crippen molar-refractivity contribution in [3.05, 3.63) is 18.6 Å². The normalized spacial score (nSPS) is 29.0. The topological polar surface area (TPSA) is 41.1 Å². The fourth-order valence-electron chi connectivity index (χ4n) is 2.28. The van der Waals surface area contributed by atoms with Crippen LogP contribution in [0.25, 0.3) is 0 Å². The van der Waals surface area contributed by atoms with Crippen molar-refractivity contribution in [1.29, 1.82) is 0 Å². The van der Waals surface area contributed by atoms with Crippen molar-refractivity contribution < 1.29 is 0 Å². The smallest absolute Gasteiger partial charge is 0.147 e. The summed E-state index contributed by atoms with van der Waals surface area (Å²) in [7, 11) is 0. The number of anilines is 1. The number of nitrogens with one attached hydrogen (secondary N) is 1. The molecule has 2 atom stereocenters. The van der Waals surface area contributed by atoms with Crippen LogP contribution in [0.1, 0.15) is 6.42 Å². The van der Waals surface area contributed by atoms with Crippen molar-refractivity contribution in [1.82, 2.24) is 15.3 Å². The first-order valence-electron chi connectivity index (χ1n) is 4.69. The Morgan fingerprint density at radius 1 is 1.43 bits per heavy atom. The van der Waals surface area contributed by atoms with E-state index < -0.39 is 0 Å². The Kier molecular flexibility index (Phi) is 2.56. The first-order chi connectivity index (χ1) is 6.43. The van der Waals surface area contributed by atoms with E-state index >= 15 is 0 Å². The SMILES string of the molecule is Cl.c1cnc(N2CC3C[C@H]2CN3)cn1. The van der Waals surface area contributed by atoms with Gasteiger partial charge in [0.05, 0.1) is 6.20 Å². The van der Waals surface area contributed by atoms with Gasteiger partial charge in [0.25, 0.3) is 0 Å². The molecule has 76 valence electrons.